The van der Waals surface area contributed by atoms with Crippen LogP contribution in [0.5, 0.6) is 0 Å². The maximum atomic E-state index is 11.3. The first kappa shape index (κ1) is 13.4. The lowest BCUT2D eigenvalue weighted by Crippen LogP contribution is -2.24. The summed E-state index contributed by atoms with van der Waals surface area (Å²) >= 11 is 0. The zero-order valence-electron chi connectivity index (χ0n) is 9.89. The van der Waals surface area contributed by atoms with Crippen LogP contribution >= 0.6 is 0 Å². The summed E-state index contributed by atoms with van der Waals surface area (Å²) in [6.45, 7) is 9.36. The van der Waals surface area contributed by atoms with Crippen LogP contribution in [0.15, 0.2) is 0 Å². The summed E-state index contributed by atoms with van der Waals surface area (Å²) in [5.41, 5.74) is -1.11. The lowest BCUT2D eigenvalue weighted by atomic mass is 9.97. The second-order valence-electron chi connectivity index (χ2n) is 5.30. The molecule has 0 radical (unpaired) electrons. The molecule has 3 nitrogen and oxygen atoms in total. The molecule has 0 aliphatic carbocycles. The number of carbonyl (C=O) groups is 1. The Bertz CT molecular complexity index is 184. The molecule has 0 bridgehead atoms. The molecule has 0 aromatic rings. The Kier molecular flexibility index (Phi) is 4.59. The van der Waals surface area contributed by atoms with Crippen LogP contribution in [0.3, 0.4) is 0 Å². The van der Waals surface area contributed by atoms with Crippen molar-refractivity contribution in [3.63, 3.8) is 0 Å². The van der Waals surface area contributed by atoms with Crippen LogP contribution in [0.25, 0.3) is 0 Å². The van der Waals surface area contributed by atoms with E-state index in [1.807, 2.05) is 20.8 Å². The van der Waals surface area contributed by atoms with Gasteiger partial charge >= 0.3 is 5.97 Å². The van der Waals surface area contributed by atoms with Crippen LogP contribution in [0.2, 0.25) is 0 Å². The van der Waals surface area contributed by atoms with E-state index in [9.17, 15) is 9.90 Å². The first-order chi connectivity index (χ1) is 6.13. The number of ether oxygens (including phenoxy) is 1. The van der Waals surface area contributed by atoms with Gasteiger partial charge in [-0.3, -0.25) is 4.79 Å². The van der Waals surface area contributed by atoms with Gasteiger partial charge in [-0.25, -0.2) is 0 Å². The minimum atomic E-state index is -0.672. The third kappa shape index (κ3) is 6.89. The van der Waals surface area contributed by atoms with Crippen molar-refractivity contribution in [2.75, 3.05) is 6.61 Å². The van der Waals surface area contributed by atoms with Gasteiger partial charge in [0.05, 0.1) is 17.6 Å². The van der Waals surface area contributed by atoms with Gasteiger partial charge in [-0.05, 0) is 47.5 Å². The van der Waals surface area contributed by atoms with Crippen molar-refractivity contribution < 1.29 is 14.6 Å². The maximum absolute atomic E-state index is 11.3. The molecule has 0 saturated carbocycles. The number of hydrogen-bond acceptors (Lipinski definition) is 3. The Labute approximate surface area is 86.5 Å². The fourth-order valence-corrected chi connectivity index (χ4v) is 0.886. The average Bonchev–Trinajstić information content (AvgIpc) is 1.93. The molecular weight excluding hydrogens is 180 g/mol. The van der Waals surface area contributed by atoms with E-state index in [0.29, 0.717) is 19.4 Å². The van der Waals surface area contributed by atoms with Gasteiger partial charge in [-0.2, -0.15) is 0 Å². The van der Waals surface area contributed by atoms with E-state index in [1.54, 1.807) is 13.8 Å². The first-order valence-corrected chi connectivity index (χ1v) is 5.02. The Morgan fingerprint density at radius 3 is 2.07 bits per heavy atom. The highest BCUT2D eigenvalue weighted by Gasteiger charge is 2.23. The van der Waals surface area contributed by atoms with Crippen LogP contribution in [0.4, 0.5) is 0 Å². The highest BCUT2D eigenvalue weighted by atomic mass is 16.5. The van der Waals surface area contributed by atoms with Crippen molar-refractivity contribution >= 4 is 5.97 Å². The molecule has 0 rings (SSSR count). The molecule has 0 saturated heterocycles. The number of carbonyl (C=O) groups excluding carboxylic acids is 1. The lowest BCUT2D eigenvalue weighted by molar-refractivity contribution is -0.153. The van der Waals surface area contributed by atoms with Gasteiger partial charge in [0.15, 0.2) is 0 Å². The first-order valence-electron chi connectivity index (χ1n) is 5.02. The van der Waals surface area contributed by atoms with E-state index in [0.717, 1.165) is 0 Å². The summed E-state index contributed by atoms with van der Waals surface area (Å²) < 4.78 is 5.05. The standard InChI is InChI=1S/C11H22O3/c1-10(2,3)9(12)14-8-6-7-11(4,5)13/h13H,6-8H2,1-5H3. The zero-order chi connectivity index (χ0) is 11.4. The van der Waals surface area contributed by atoms with E-state index < -0.39 is 11.0 Å². The molecule has 3 heteroatoms. The molecule has 84 valence electrons. The zero-order valence-corrected chi connectivity index (χ0v) is 9.89. The number of hydrogen-bond donors (Lipinski definition) is 1. The van der Waals surface area contributed by atoms with Gasteiger partial charge in [-0.1, -0.05) is 0 Å². The molecule has 0 atom stereocenters. The van der Waals surface area contributed by atoms with E-state index in [-0.39, 0.29) is 5.97 Å². The van der Waals surface area contributed by atoms with Gasteiger partial charge < -0.3 is 9.84 Å². The van der Waals surface area contributed by atoms with Gasteiger partial charge in [0.2, 0.25) is 0 Å². The molecule has 0 spiro atoms. The smallest absolute Gasteiger partial charge is 0.311 e. The number of aliphatic hydroxyl groups is 1. The normalized spacial score (nSPS) is 12.7. The van der Waals surface area contributed by atoms with Crippen LogP contribution in [0, 0.1) is 5.41 Å². The Morgan fingerprint density at radius 1 is 1.21 bits per heavy atom. The maximum Gasteiger partial charge on any atom is 0.311 e. The second-order valence-corrected chi connectivity index (χ2v) is 5.30. The molecule has 0 fully saturated rings. The lowest BCUT2D eigenvalue weighted by Gasteiger charge is -2.19. The Balaban J connectivity index is 3.62. The molecule has 0 unspecified atom stereocenters. The number of rotatable bonds is 4. The van der Waals surface area contributed by atoms with E-state index in [4.69, 9.17) is 4.74 Å². The van der Waals surface area contributed by atoms with Gasteiger partial charge in [0, 0.05) is 0 Å². The van der Waals surface area contributed by atoms with Crippen molar-refractivity contribution in [3.05, 3.63) is 0 Å². The van der Waals surface area contributed by atoms with Crippen molar-refractivity contribution in [3.8, 4) is 0 Å². The molecule has 14 heavy (non-hydrogen) atoms. The molecule has 0 aliphatic heterocycles. The summed E-state index contributed by atoms with van der Waals surface area (Å²) in [6.07, 6.45) is 1.34. The molecule has 0 aliphatic rings. The van der Waals surface area contributed by atoms with E-state index in [1.165, 1.54) is 0 Å². The van der Waals surface area contributed by atoms with Gasteiger partial charge in [0.25, 0.3) is 0 Å². The van der Waals surface area contributed by atoms with E-state index >= 15 is 0 Å². The SMILES string of the molecule is CC(C)(O)CCCOC(=O)C(C)(C)C. The summed E-state index contributed by atoms with van der Waals surface area (Å²) in [4.78, 5) is 11.3. The van der Waals surface area contributed by atoms with Crippen molar-refractivity contribution in [1.82, 2.24) is 0 Å². The highest BCUT2D eigenvalue weighted by Crippen LogP contribution is 2.16. The Morgan fingerprint density at radius 2 is 1.71 bits per heavy atom. The minimum absolute atomic E-state index is 0.187. The summed E-state index contributed by atoms with van der Waals surface area (Å²) in [6, 6.07) is 0. The number of esters is 1. The van der Waals surface area contributed by atoms with Crippen LogP contribution in [-0.2, 0) is 9.53 Å². The average molecular weight is 202 g/mol. The fraction of sp³-hybridized carbons (Fsp3) is 0.909. The van der Waals surface area contributed by atoms with Crippen LogP contribution < -0.4 is 0 Å². The molecular formula is C11H22O3. The monoisotopic (exact) mass is 202 g/mol. The van der Waals surface area contributed by atoms with E-state index in [2.05, 4.69) is 0 Å². The van der Waals surface area contributed by atoms with Gasteiger partial charge in [0.1, 0.15) is 0 Å². The quantitative estimate of drug-likeness (QED) is 0.561. The van der Waals surface area contributed by atoms with Crippen molar-refractivity contribution in [2.24, 2.45) is 5.41 Å². The predicted octanol–water partition coefficient (Wildman–Crippen LogP) is 2.13. The minimum Gasteiger partial charge on any atom is -0.465 e. The fourth-order valence-electron chi connectivity index (χ4n) is 0.886. The van der Waals surface area contributed by atoms with Crippen molar-refractivity contribution in [2.45, 2.75) is 53.1 Å². The highest BCUT2D eigenvalue weighted by molar-refractivity contribution is 5.75. The molecule has 0 aromatic carbocycles. The Hall–Kier alpha value is -0.570. The second kappa shape index (κ2) is 4.78. The van der Waals surface area contributed by atoms with Crippen molar-refractivity contribution in [1.29, 1.82) is 0 Å². The topological polar surface area (TPSA) is 46.5 Å². The summed E-state index contributed by atoms with van der Waals surface area (Å²) in [7, 11) is 0. The molecule has 1 N–H and O–H groups in total. The molecule has 0 heterocycles. The summed E-state index contributed by atoms with van der Waals surface area (Å²) in [5, 5.41) is 9.40. The third-order valence-electron chi connectivity index (χ3n) is 1.78. The summed E-state index contributed by atoms with van der Waals surface area (Å²) in [5.74, 6) is -0.187. The van der Waals surface area contributed by atoms with Crippen LogP contribution in [-0.4, -0.2) is 23.3 Å². The molecule has 0 aromatic heterocycles. The predicted molar refractivity (Wildman–Crippen MR) is 55.9 cm³/mol. The van der Waals surface area contributed by atoms with Gasteiger partial charge in [-0.15, -0.1) is 0 Å². The van der Waals surface area contributed by atoms with Crippen LogP contribution in [0.1, 0.15) is 47.5 Å². The molecule has 0 amide bonds. The largest absolute Gasteiger partial charge is 0.465 e. The third-order valence-corrected chi connectivity index (χ3v) is 1.78.